The maximum Gasteiger partial charge on any atom is 0.271 e. The highest BCUT2D eigenvalue weighted by molar-refractivity contribution is 6.31. The molecule has 4 rings (SSSR count). The van der Waals surface area contributed by atoms with Crippen LogP contribution in [0.25, 0.3) is 5.69 Å². The third kappa shape index (κ3) is 5.37. The van der Waals surface area contributed by atoms with Crippen molar-refractivity contribution >= 4 is 23.3 Å². The van der Waals surface area contributed by atoms with Gasteiger partial charge in [0.2, 0.25) is 5.91 Å². The summed E-state index contributed by atoms with van der Waals surface area (Å²) in [4.78, 5) is 27.3. The first kappa shape index (κ1) is 22.9. The fraction of sp³-hybridized carbons (Fsp3) is 0.320. The number of carbonyl (C=O) groups excluding carboxylic acids is 1. The van der Waals surface area contributed by atoms with E-state index in [0.717, 1.165) is 36.3 Å². The molecule has 0 saturated carbocycles. The van der Waals surface area contributed by atoms with Gasteiger partial charge in [0.1, 0.15) is 11.6 Å². The number of carbonyl (C=O) groups is 1. The summed E-state index contributed by atoms with van der Waals surface area (Å²) in [5.74, 6) is 1.33. The van der Waals surface area contributed by atoms with Gasteiger partial charge in [0.25, 0.3) is 5.56 Å². The number of methoxy groups -OCH3 is 1. The van der Waals surface area contributed by atoms with Gasteiger partial charge in [0.05, 0.1) is 18.7 Å². The molecule has 1 aliphatic heterocycles. The number of hydrogen-bond donors (Lipinski definition) is 1. The van der Waals surface area contributed by atoms with Crippen LogP contribution < -0.4 is 20.5 Å². The number of aromatic nitrogens is 2. The van der Waals surface area contributed by atoms with Crippen LogP contribution in [-0.2, 0) is 11.3 Å². The number of amides is 1. The largest absolute Gasteiger partial charge is 0.497 e. The van der Waals surface area contributed by atoms with Crippen LogP contribution in [0, 0.1) is 12.8 Å². The molecule has 1 aromatic heterocycles. The predicted molar refractivity (Wildman–Crippen MR) is 129 cm³/mol. The second-order valence-electron chi connectivity index (χ2n) is 8.23. The Morgan fingerprint density at radius 1 is 1.18 bits per heavy atom. The summed E-state index contributed by atoms with van der Waals surface area (Å²) in [6.45, 7) is 3.71. The molecule has 0 bridgehead atoms. The molecule has 0 radical (unpaired) electrons. The Labute approximate surface area is 197 Å². The maximum absolute atomic E-state index is 12.8. The van der Waals surface area contributed by atoms with Crippen LogP contribution in [0.1, 0.15) is 24.0 Å². The van der Waals surface area contributed by atoms with Crippen LogP contribution >= 0.6 is 11.6 Å². The highest BCUT2D eigenvalue weighted by Gasteiger charge is 2.27. The molecular formula is C25H27ClN4O3. The van der Waals surface area contributed by atoms with Crippen molar-refractivity contribution in [1.29, 1.82) is 0 Å². The van der Waals surface area contributed by atoms with E-state index in [9.17, 15) is 9.59 Å². The van der Waals surface area contributed by atoms with Gasteiger partial charge in [0, 0.05) is 30.7 Å². The molecule has 1 atom stereocenters. The van der Waals surface area contributed by atoms with Crippen LogP contribution in [0.3, 0.4) is 0 Å². The van der Waals surface area contributed by atoms with Crippen molar-refractivity contribution in [3.63, 3.8) is 0 Å². The van der Waals surface area contributed by atoms with Crippen molar-refractivity contribution < 1.29 is 9.53 Å². The van der Waals surface area contributed by atoms with Crippen molar-refractivity contribution in [3.8, 4) is 11.4 Å². The first-order valence-corrected chi connectivity index (χ1v) is 11.3. The number of nitrogens with zero attached hydrogens (tertiary/aromatic N) is 3. The van der Waals surface area contributed by atoms with E-state index in [4.69, 9.17) is 16.3 Å². The molecule has 1 fully saturated rings. The molecule has 1 aliphatic rings. The molecule has 0 aliphatic carbocycles. The molecule has 1 saturated heterocycles. The molecule has 172 valence electrons. The van der Waals surface area contributed by atoms with Gasteiger partial charge in [-0.1, -0.05) is 29.8 Å². The SMILES string of the molecule is COc1ccc(CNC(=O)[C@H]2CCCN(c3ccc(=O)n(-c4ccc(C)c(Cl)c4)n3)C2)cc1. The topological polar surface area (TPSA) is 76.5 Å². The second-order valence-corrected chi connectivity index (χ2v) is 8.63. The van der Waals surface area contributed by atoms with E-state index in [2.05, 4.69) is 15.3 Å². The Hall–Kier alpha value is -3.32. The Kier molecular flexibility index (Phi) is 6.99. The monoisotopic (exact) mass is 466 g/mol. The summed E-state index contributed by atoms with van der Waals surface area (Å²) in [5, 5.41) is 8.19. The molecule has 0 spiro atoms. The number of hydrogen-bond acceptors (Lipinski definition) is 5. The first-order chi connectivity index (χ1) is 15.9. The van der Waals surface area contributed by atoms with Crippen LogP contribution in [-0.4, -0.2) is 35.9 Å². The summed E-state index contributed by atoms with van der Waals surface area (Å²) < 4.78 is 6.53. The number of rotatable bonds is 6. The van der Waals surface area contributed by atoms with Crippen LogP contribution in [0.15, 0.2) is 59.4 Å². The lowest BCUT2D eigenvalue weighted by atomic mass is 9.97. The van der Waals surface area contributed by atoms with E-state index in [1.807, 2.05) is 43.3 Å². The van der Waals surface area contributed by atoms with Crippen LogP contribution in [0.2, 0.25) is 5.02 Å². The van der Waals surface area contributed by atoms with E-state index in [1.165, 1.54) is 10.7 Å². The lowest BCUT2D eigenvalue weighted by Gasteiger charge is -2.33. The van der Waals surface area contributed by atoms with Gasteiger partial charge in [-0.3, -0.25) is 9.59 Å². The van der Waals surface area contributed by atoms with Crippen molar-refractivity contribution in [2.24, 2.45) is 5.92 Å². The molecule has 1 amide bonds. The second kappa shape index (κ2) is 10.1. The van der Waals surface area contributed by atoms with Crippen molar-refractivity contribution in [3.05, 3.63) is 81.1 Å². The number of anilines is 1. The standard InChI is InChI=1S/C25H27ClN4O3/c1-17-5-8-20(14-22(17)26)30-24(31)12-11-23(28-30)29-13-3-4-19(16-29)25(32)27-15-18-6-9-21(33-2)10-7-18/h5-12,14,19H,3-4,13,15-16H2,1-2H3,(H,27,32)/t19-/m0/s1. The lowest BCUT2D eigenvalue weighted by Crippen LogP contribution is -2.43. The molecule has 33 heavy (non-hydrogen) atoms. The molecule has 2 aromatic carbocycles. The van der Waals surface area contributed by atoms with Gasteiger partial charge in [-0.05, 0) is 61.2 Å². The van der Waals surface area contributed by atoms with Crippen molar-refractivity contribution in [2.75, 3.05) is 25.1 Å². The predicted octanol–water partition coefficient (Wildman–Crippen LogP) is 3.74. The molecule has 7 nitrogen and oxygen atoms in total. The Balaban J connectivity index is 1.44. The third-order valence-corrected chi connectivity index (χ3v) is 6.34. The van der Waals surface area contributed by atoms with Gasteiger partial charge < -0.3 is 15.0 Å². The quantitative estimate of drug-likeness (QED) is 0.599. The maximum atomic E-state index is 12.8. The fourth-order valence-corrected chi connectivity index (χ4v) is 4.12. The highest BCUT2D eigenvalue weighted by Crippen LogP contribution is 2.23. The average Bonchev–Trinajstić information content (AvgIpc) is 2.85. The average molecular weight is 467 g/mol. The van der Waals surface area contributed by atoms with Crippen molar-refractivity contribution in [1.82, 2.24) is 15.1 Å². The minimum atomic E-state index is -0.232. The van der Waals surface area contributed by atoms with Gasteiger partial charge >= 0.3 is 0 Å². The van der Waals surface area contributed by atoms with Crippen LogP contribution in [0.5, 0.6) is 5.75 Å². The zero-order valence-electron chi connectivity index (χ0n) is 18.8. The normalized spacial score (nSPS) is 15.8. The van der Waals surface area contributed by atoms with Gasteiger partial charge in [-0.25, -0.2) is 0 Å². The Morgan fingerprint density at radius 2 is 1.97 bits per heavy atom. The molecular weight excluding hydrogens is 440 g/mol. The zero-order chi connectivity index (χ0) is 23.4. The van der Waals surface area contributed by atoms with E-state index >= 15 is 0 Å². The smallest absolute Gasteiger partial charge is 0.271 e. The van der Waals surface area contributed by atoms with E-state index in [-0.39, 0.29) is 17.4 Å². The first-order valence-electron chi connectivity index (χ1n) is 11.0. The zero-order valence-corrected chi connectivity index (χ0v) is 19.5. The number of benzene rings is 2. The minimum Gasteiger partial charge on any atom is -0.497 e. The molecule has 0 unspecified atom stereocenters. The summed E-state index contributed by atoms with van der Waals surface area (Å²) in [6.07, 6.45) is 1.69. The number of ether oxygens (including phenoxy) is 1. The Bertz CT molecular complexity index is 1190. The summed E-state index contributed by atoms with van der Waals surface area (Å²) in [7, 11) is 1.63. The third-order valence-electron chi connectivity index (χ3n) is 5.93. The highest BCUT2D eigenvalue weighted by atomic mass is 35.5. The molecule has 1 N–H and O–H groups in total. The molecule has 2 heterocycles. The summed E-state index contributed by atoms with van der Waals surface area (Å²) in [5.41, 5.74) is 2.33. The molecule has 3 aromatic rings. The van der Waals surface area contributed by atoms with Crippen LogP contribution in [0.4, 0.5) is 5.82 Å². The number of aryl methyl sites for hydroxylation is 1. The van der Waals surface area contributed by atoms with Gasteiger partial charge in [-0.15, -0.1) is 5.10 Å². The number of nitrogens with one attached hydrogen (secondary N) is 1. The lowest BCUT2D eigenvalue weighted by molar-refractivity contribution is -0.125. The van der Waals surface area contributed by atoms with E-state index in [0.29, 0.717) is 29.6 Å². The minimum absolute atomic E-state index is 0.0224. The van der Waals surface area contributed by atoms with Gasteiger partial charge in [0.15, 0.2) is 0 Å². The van der Waals surface area contributed by atoms with Crippen molar-refractivity contribution in [2.45, 2.75) is 26.3 Å². The van der Waals surface area contributed by atoms with E-state index in [1.54, 1.807) is 19.2 Å². The fourth-order valence-electron chi connectivity index (χ4n) is 3.94. The summed E-state index contributed by atoms with van der Waals surface area (Å²) >= 11 is 6.24. The number of halogens is 1. The molecule has 8 heteroatoms. The summed E-state index contributed by atoms with van der Waals surface area (Å²) in [6, 6.07) is 16.3. The number of piperidine rings is 1. The van der Waals surface area contributed by atoms with Gasteiger partial charge in [-0.2, -0.15) is 4.68 Å². The Morgan fingerprint density at radius 3 is 2.70 bits per heavy atom. The van der Waals surface area contributed by atoms with E-state index < -0.39 is 0 Å².